The van der Waals surface area contributed by atoms with Crippen LogP contribution in [0.3, 0.4) is 0 Å². The summed E-state index contributed by atoms with van der Waals surface area (Å²) in [6.45, 7) is 0.686. The third-order valence-electron chi connectivity index (χ3n) is 4.22. The number of methoxy groups -OCH3 is 1. The maximum atomic E-state index is 11.5. The summed E-state index contributed by atoms with van der Waals surface area (Å²) in [7, 11) is -1.39. The van der Waals surface area contributed by atoms with Gasteiger partial charge in [0.25, 0.3) is 0 Å². The molecule has 1 heterocycles. The molecule has 0 fully saturated rings. The molecular formula is C20H23N3O3S2. The highest BCUT2D eigenvalue weighted by Crippen LogP contribution is 2.31. The fourth-order valence-electron chi connectivity index (χ4n) is 2.80. The second-order valence-corrected chi connectivity index (χ2v) is 9.69. The Labute approximate surface area is 169 Å². The highest BCUT2D eigenvalue weighted by molar-refractivity contribution is 8.00. The molecule has 8 heteroatoms. The van der Waals surface area contributed by atoms with Crippen molar-refractivity contribution in [3.05, 3.63) is 60.2 Å². The van der Waals surface area contributed by atoms with E-state index in [2.05, 4.69) is 22.3 Å². The van der Waals surface area contributed by atoms with E-state index < -0.39 is 9.84 Å². The van der Waals surface area contributed by atoms with E-state index in [9.17, 15) is 8.42 Å². The lowest BCUT2D eigenvalue weighted by Gasteiger charge is -2.12. The van der Waals surface area contributed by atoms with Gasteiger partial charge in [0.15, 0.2) is 11.0 Å². The van der Waals surface area contributed by atoms with Gasteiger partial charge in [0.1, 0.15) is 15.6 Å². The number of para-hydroxylation sites is 1. The van der Waals surface area contributed by atoms with Crippen LogP contribution in [-0.4, -0.2) is 48.1 Å². The number of aromatic nitrogens is 3. The van der Waals surface area contributed by atoms with Crippen molar-refractivity contribution in [3.8, 4) is 17.1 Å². The first kappa shape index (κ1) is 20.4. The number of aryl methyl sites for hydroxylation is 1. The summed E-state index contributed by atoms with van der Waals surface area (Å²) < 4.78 is 30.4. The van der Waals surface area contributed by atoms with Gasteiger partial charge < -0.3 is 9.30 Å². The topological polar surface area (TPSA) is 74.1 Å². The Morgan fingerprint density at radius 2 is 1.75 bits per heavy atom. The van der Waals surface area contributed by atoms with E-state index in [1.165, 1.54) is 23.6 Å². The number of rotatable bonds is 9. The molecular weight excluding hydrogens is 394 g/mol. The van der Waals surface area contributed by atoms with Crippen molar-refractivity contribution in [2.75, 3.05) is 24.9 Å². The van der Waals surface area contributed by atoms with Crippen molar-refractivity contribution in [3.63, 3.8) is 0 Å². The summed E-state index contributed by atoms with van der Waals surface area (Å²) >= 11 is 1.41. The molecule has 0 atom stereocenters. The zero-order chi connectivity index (χ0) is 20.0. The highest BCUT2D eigenvalue weighted by Gasteiger charge is 2.18. The first-order valence-electron chi connectivity index (χ1n) is 8.89. The van der Waals surface area contributed by atoms with Gasteiger partial charge >= 0.3 is 0 Å². The summed E-state index contributed by atoms with van der Waals surface area (Å²) in [6.07, 6.45) is 2.06. The van der Waals surface area contributed by atoms with Crippen LogP contribution in [0.5, 0.6) is 5.75 Å². The second-order valence-electron chi connectivity index (χ2n) is 6.37. The summed E-state index contributed by atoms with van der Waals surface area (Å²) in [4.78, 5) is 0. The summed E-state index contributed by atoms with van der Waals surface area (Å²) in [5.74, 6) is 1.99. The second kappa shape index (κ2) is 9.25. The van der Waals surface area contributed by atoms with Crippen molar-refractivity contribution in [1.82, 2.24) is 14.8 Å². The Kier molecular flexibility index (Phi) is 6.74. The van der Waals surface area contributed by atoms with Crippen LogP contribution in [0.4, 0.5) is 0 Å². The minimum Gasteiger partial charge on any atom is -0.496 e. The van der Waals surface area contributed by atoms with Crippen LogP contribution in [0, 0.1) is 0 Å². The van der Waals surface area contributed by atoms with E-state index in [1.807, 2.05) is 47.0 Å². The van der Waals surface area contributed by atoms with Gasteiger partial charge in [-0.1, -0.05) is 54.2 Å². The lowest BCUT2D eigenvalue weighted by atomic mass is 10.1. The molecule has 6 nitrogen and oxygen atoms in total. The predicted molar refractivity (Wildman–Crippen MR) is 113 cm³/mol. The quantitative estimate of drug-likeness (QED) is 0.497. The normalized spacial score (nSPS) is 11.5. The van der Waals surface area contributed by atoms with Gasteiger partial charge in [-0.05, 0) is 24.1 Å². The van der Waals surface area contributed by atoms with E-state index in [1.54, 1.807) is 7.11 Å². The molecule has 0 amide bonds. The number of ether oxygens (including phenoxy) is 1. The van der Waals surface area contributed by atoms with E-state index in [4.69, 9.17) is 4.74 Å². The molecule has 0 radical (unpaired) electrons. The van der Waals surface area contributed by atoms with Gasteiger partial charge in [0.05, 0.1) is 18.4 Å². The number of benzene rings is 2. The number of nitrogens with zero attached hydrogens (tertiary/aromatic N) is 3. The van der Waals surface area contributed by atoms with Gasteiger partial charge in [0.2, 0.25) is 0 Å². The minimum absolute atomic E-state index is 0.104. The van der Waals surface area contributed by atoms with Crippen molar-refractivity contribution in [2.45, 2.75) is 18.1 Å². The van der Waals surface area contributed by atoms with E-state index in [-0.39, 0.29) is 5.75 Å². The molecule has 0 bridgehead atoms. The Balaban J connectivity index is 1.90. The van der Waals surface area contributed by atoms with Gasteiger partial charge in [-0.15, -0.1) is 10.2 Å². The summed E-state index contributed by atoms with van der Waals surface area (Å²) in [5, 5.41) is 9.42. The number of thioether (sulfide) groups is 1. The Morgan fingerprint density at radius 3 is 2.46 bits per heavy atom. The molecule has 0 N–H and O–H groups in total. The molecule has 0 spiro atoms. The summed E-state index contributed by atoms with van der Waals surface area (Å²) in [6, 6.07) is 17.9. The molecule has 3 aromatic rings. The largest absolute Gasteiger partial charge is 0.496 e. The van der Waals surface area contributed by atoms with E-state index in [0.29, 0.717) is 17.5 Å². The van der Waals surface area contributed by atoms with Crippen LogP contribution in [0.15, 0.2) is 59.8 Å². The van der Waals surface area contributed by atoms with Crippen LogP contribution >= 0.6 is 11.8 Å². The molecule has 0 saturated carbocycles. The Morgan fingerprint density at radius 1 is 1.04 bits per heavy atom. The number of sulfone groups is 1. The van der Waals surface area contributed by atoms with Gasteiger partial charge in [0, 0.05) is 18.6 Å². The van der Waals surface area contributed by atoms with Gasteiger partial charge in [-0.3, -0.25) is 0 Å². The van der Waals surface area contributed by atoms with Crippen LogP contribution < -0.4 is 4.74 Å². The van der Waals surface area contributed by atoms with Gasteiger partial charge in [-0.25, -0.2) is 8.42 Å². The van der Waals surface area contributed by atoms with Crippen LogP contribution in [0.1, 0.15) is 5.56 Å². The molecule has 0 saturated heterocycles. The fraction of sp³-hybridized carbons (Fsp3) is 0.300. The average molecular weight is 418 g/mol. The Bertz CT molecular complexity index is 1020. The molecule has 2 aromatic carbocycles. The smallest absolute Gasteiger partial charge is 0.191 e. The van der Waals surface area contributed by atoms with Crippen LogP contribution in [0.25, 0.3) is 11.4 Å². The third kappa shape index (κ3) is 5.36. The maximum Gasteiger partial charge on any atom is 0.191 e. The Hall–Kier alpha value is -2.32. The first-order valence-corrected chi connectivity index (χ1v) is 11.9. The molecule has 1 aromatic heterocycles. The number of hydrogen-bond donors (Lipinski definition) is 0. The SMILES string of the molecule is COc1ccccc1-c1nnc(SCCS(C)(=O)=O)n1CCc1ccccc1. The third-order valence-corrected chi connectivity index (χ3v) is 6.39. The monoisotopic (exact) mass is 417 g/mol. The number of hydrogen-bond acceptors (Lipinski definition) is 6. The zero-order valence-electron chi connectivity index (χ0n) is 15.9. The fourth-order valence-corrected chi connectivity index (χ4v) is 4.95. The molecule has 148 valence electrons. The predicted octanol–water partition coefficient (Wildman–Crippen LogP) is 3.33. The van der Waals surface area contributed by atoms with Crippen molar-refractivity contribution in [1.29, 1.82) is 0 Å². The molecule has 0 aliphatic carbocycles. The lowest BCUT2D eigenvalue weighted by molar-refractivity contribution is 0.415. The van der Waals surface area contributed by atoms with Crippen molar-refractivity contribution >= 4 is 21.6 Å². The lowest BCUT2D eigenvalue weighted by Crippen LogP contribution is -2.08. The van der Waals surface area contributed by atoms with Crippen LogP contribution in [0.2, 0.25) is 0 Å². The molecule has 28 heavy (non-hydrogen) atoms. The standard InChI is InChI=1S/C20H23N3O3S2/c1-26-18-11-7-6-10-17(18)19-21-22-20(27-14-15-28(2,24)25)23(19)13-12-16-8-4-3-5-9-16/h3-11H,12-15H2,1-2H3. The molecule has 3 rings (SSSR count). The highest BCUT2D eigenvalue weighted by atomic mass is 32.2. The van der Waals surface area contributed by atoms with Gasteiger partial charge in [-0.2, -0.15) is 0 Å². The zero-order valence-corrected chi connectivity index (χ0v) is 17.5. The first-order chi connectivity index (χ1) is 13.5. The van der Waals surface area contributed by atoms with E-state index >= 15 is 0 Å². The summed E-state index contributed by atoms with van der Waals surface area (Å²) in [5.41, 5.74) is 2.08. The maximum absolute atomic E-state index is 11.5. The minimum atomic E-state index is -3.02. The van der Waals surface area contributed by atoms with Crippen molar-refractivity contribution in [2.24, 2.45) is 0 Å². The molecule has 0 aliphatic rings. The van der Waals surface area contributed by atoms with E-state index in [0.717, 1.165) is 23.6 Å². The van der Waals surface area contributed by atoms with Crippen molar-refractivity contribution < 1.29 is 13.2 Å². The van der Waals surface area contributed by atoms with Crippen LogP contribution in [-0.2, 0) is 22.8 Å². The molecule has 0 unspecified atom stereocenters. The molecule has 0 aliphatic heterocycles. The average Bonchev–Trinajstić information content (AvgIpc) is 3.08.